The van der Waals surface area contributed by atoms with E-state index in [0.29, 0.717) is 0 Å². The predicted molar refractivity (Wildman–Crippen MR) is 40.7 cm³/mol. The molecule has 1 rings (SSSR count). The quantitative estimate of drug-likeness (QED) is 0.559. The monoisotopic (exact) mass is 139 g/mol. The summed E-state index contributed by atoms with van der Waals surface area (Å²) in [6, 6.07) is 0.0995. The molecule has 1 heterocycles. The van der Waals surface area contributed by atoms with Gasteiger partial charge in [0.25, 0.3) is 0 Å². The van der Waals surface area contributed by atoms with Crippen LogP contribution in [-0.4, -0.2) is 25.8 Å². The SMILES string of the molecule is C#CC(NC)C1CCCO1. The van der Waals surface area contributed by atoms with Crippen LogP contribution in [0.25, 0.3) is 0 Å². The third-order valence-electron chi connectivity index (χ3n) is 1.83. The second kappa shape index (κ2) is 3.60. The zero-order valence-electron chi connectivity index (χ0n) is 6.26. The lowest BCUT2D eigenvalue weighted by atomic mass is 10.1. The van der Waals surface area contributed by atoms with Gasteiger partial charge in [-0.1, -0.05) is 5.92 Å². The van der Waals surface area contributed by atoms with Crippen LogP contribution in [0.1, 0.15) is 12.8 Å². The van der Waals surface area contributed by atoms with E-state index in [-0.39, 0.29) is 12.1 Å². The van der Waals surface area contributed by atoms with Gasteiger partial charge in [0, 0.05) is 6.61 Å². The zero-order chi connectivity index (χ0) is 7.40. The molecule has 0 aliphatic carbocycles. The number of hydrogen-bond donors (Lipinski definition) is 1. The number of likely N-dealkylation sites (N-methyl/N-ethyl adjacent to an activating group) is 1. The Morgan fingerprint density at radius 3 is 3.00 bits per heavy atom. The standard InChI is InChI=1S/C8H13NO/c1-3-7(9-2)8-5-4-6-10-8/h1,7-9H,4-6H2,2H3. The Bertz CT molecular complexity index is 133. The van der Waals surface area contributed by atoms with Crippen molar-refractivity contribution in [3.05, 3.63) is 0 Å². The van der Waals surface area contributed by atoms with Crippen molar-refractivity contribution in [2.24, 2.45) is 0 Å². The Labute approximate surface area is 62.0 Å². The number of ether oxygens (including phenoxy) is 1. The fourth-order valence-corrected chi connectivity index (χ4v) is 1.24. The molecule has 56 valence electrons. The van der Waals surface area contributed by atoms with Crippen molar-refractivity contribution in [2.45, 2.75) is 25.0 Å². The van der Waals surface area contributed by atoms with Crippen LogP contribution in [0.2, 0.25) is 0 Å². The largest absolute Gasteiger partial charge is 0.376 e. The molecule has 0 bridgehead atoms. The van der Waals surface area contributed by atoms with Gasteiger partial charge in [0.05, 0.1) is 12.1 Å². The van der Waals surface area contributed by atoms with Crippen LogP contribution in [0.4, 0.5) is 0 Å². The fourth-order valence-electron chi connectivity index (χ4n) is 1.24. The van der Waals surface area contributed by atoms with Gasteiger partial charge in [-0.05, 0) is 19.9 Å². The van der Waals surface area contributed by atoms with E-state index < -0.39 is 0 Å². The molecule has 1 fully saturated rings. The van der Waals surface area contributed by atoms with Gasteiger partial charge in [-0.15, -0.1) is 6.42 Å². The number of rotatable bonds is 2. The lowest BCUT2D eigenvalue weighted by molar-refractivity contribution is 0.0960. The first-order valence-corrected chi connectivity index (χ1v) is 3.63. The maximum Gasteiger partial charge on any atom is 0.0950 e. The van der Waals surface area contributed by atoms with E-state index in [1.807, 2.05) is 7.05 Å². The summed E-state index contributed by atoms with van der Waals surface area (Å²) < 4.78 is 5.39. The van der Waals surface area contributed by atoms with Gasteiger partial charge in [0.1, 0.15) is 0 Å². The van der Waals surface area contributed by atoms with E-state index in [1.165, 1.54) is 0 Å². The van der Waals surface area contributed by atoms with E-state index in [0.717, 1.165) is 19.4 Å². The summed E-state index contributed by atoms with van der Waals surface area (Å²) in [6.07, 6.45) is 7.75. The lowest BCUT2D eigenvalue weighted by Crippen LogP contribution is -2.35. The van der Waals surface area contributed by atoms with Crippen LogP contribution in [-0.2, 0) is 4.74 Å². The molecule has 1 saturated heterocycles. The Hall–Kier alpha value is -0.520. The molecule has 0 radical (unpaired) electrons. The summed E-state index contributed by atoms with van der Waals surface area (Å²) in [6.45, 7) is 0.866. The van der Waals surface area contributed by atoms with Gasteiger partial charge in [-0.25, -0.2) is 0 Å². The highest BCUT2D eigenvalue weighted by Gasteiger charge is 2.22. The summed E-state index contributed by atoms with van der Waals surface area (Å²) in [5, 5.41) is 3.03. The van der Waals surface area contributed by atoms with Gasteiger partial charge in [0.2, 0.25) is 0 Å². The van der Waals surface area contributed by atoms with E-state index in [2.05, 4.69) is 11.2 Å². The second-order valence-corrected chi connectivity index (χ2v) is 2.48. The zero-order valence-corrected chi connectivity index (χ0v) is 6.26. The van der Waals surface area contributed by atoms with E-state index in [1.54, 1.807) is 0 Å². The van der Waals surface area contributed by atoms with Crippen LogP contribution in [0.15, 0.2) is 0 Å². The van der Waals surface area contributed by atoms with Gasteiger partial charge in [-0.3, -0.25) is 0 Å². The molecular weight excluding hydrogens is 126 g/mol. The first-order valence-electron chi connectivity index (χ1n) is 3.63. The molecule has 2 atom stereocenters. The van der Waals surface area contributed by atoms with Gasteiger partial charge in [-0.2, -0.15) is 0 Å². The van der Waals surface area contributed by atoms with Crippen molar-refractivity contribution >= 4 is 0 Å². The normalized spacial score (nSPS) is 27.8. The molecule has 0 amide bonds. The Morgan fingerprint density at radius 2 is 2.60 bits per heavy atom. The van der Waals surface area contributed by atoms with Crippen LogP contribution in [0, 0.1) is 12.3 Å². The maximum atomic E-state index is 5.39. The van der Waals surface area contributed by atoms with E-state index in [4.69, 9.17) is 11.2 Å². The minimum absolute atomic E-state index is 0.0995. The summed E-state index contributed by atoms with van der Waals surface area (Å²) in [5.41, 5.74) is 0. The van der Waals surface area contributed by atoms with Crippen molar-refractivity contribution in [3.8, 4) is 12.3 Å². The number of terminal acetylenes is 1. The molecule has 0 spiro atoms. The molecule has 1 N–H and O–H groups in total. The average molecular weight is 139 g/mol. The summed E-state index contributed by atoms with van der Waals surface area (Å²) >= 11 is 0. The lowest BCUT2D eigenvalue weighted by Gasteiger charge is -2.15. The van der Waals surface area contributed by atoms with Crippen LogP contribution >= 0.6 is 0 Å². The predicted octanol–water partition coefficient (Wildman–Crippen LogP) is 0.387. The van der Waals surface area contributed by atoms with Gasteiger partial charge in [0.15, 0.2) is 0 Å². The molecule has 0 aromatic carbocycles. The summed E-state index contributed by atoms with van der Waals surface area (Å²) in [5.74, 6) is 2.66. The molecule has 2 nitrogen and oxygen atoms in total. The van der Waals surface area contributed by atoms with Crippen molar-refractivity contribution in [2.75, 3.05) is 13.7 Å². The minimum Gasteiger partial charge on any atom is -0.376 e. The molecule has 10 heavy (non-hydrogen) atoms. The first kappa shape index (κ1) is 7.59. The van der Waals surface area contributed by atoms with Crippen molar-refractivity contribution < 1.29 is 4.74 Å². The van der Waals surface area contributed by atoms with Crippen molar-refractivity contribution in [1.29, 1.82) is 0 Å². The molecule has 2 unspecified atom stereocenters. The summed E-state index contributed by atoms with van der Waals surface area (Å²) in [7, 11) is 1.87. The highest BCUT2D eigenvalue weighted by Crippen LogP contribution is 2.14. The van der Waals surface area contributed by atoms with Crippen LogP contribution in [0.3, 0.4) is 0 Å². The molecule has 0 aromatic heterocycles. The Morgan fingerprint density at radius 1 is 1.80 bits per heavy atom. The molecule has 2 heteroatoms. The third kappa shape index (κ3) is 1.50. The Balaban J connectivity index is 2.38. The maximum absolute atomic E-state index is 5.39. The van der Waals surface area contributed by atoms with Crippen molar-refractivity contribution in [3.63, 3.8) is 0 Å². The molecule has 0 saturated carbocycles. The van der Waals surface area contributed by atoms with Crippen molar-refractivity contribution in [1.82, 2.24) is 5.32 Å². The molecule has 0 aromatic rings. The topological polar surface area (TPSA) is 21.3 Å². The molecule has 1 aliphatic rings. The highest BCUT2D eigenvalue weighted by atomic mass is 16.5. The summed E-state index contributed by atoms with van der Waals surface area (Å²) in [4.78, 5) is 0. The van der Waals surface area contributed by atoms with E-state index in [9.17, 15) is 0 Å². The molecule has 1 aliphatic heterocycles. The van der Waals surface area contributed by atoms with Crippen LogP contribution in [0.5, 0.6) is 0 Å². The fraction of sp³-hybridized carbons (Fsp3) is 0.750. The second-order valence-electron chi connectivity index (χ2n) is 2.48. The van der Waals surface area contributed by atoms with Crippen LogP contribution < -0.4 is 5.32 Å². The number of hydrogen-bond acceptors (Lipinski definition) is 2. The van der Waals surface area contributed by atoms with Gasteiger partial charge < -0.3 is 10.1 Å². The minimum atomic E-state index is 0.0995. The highest BCUT2D eigenvalue weighted by molar-refractivity contribution is 5.03. The smallest absolute Gasteiger partial charge is 0.0950 e. The van der Waals surface area contributed by atoms with Gasteiger partial charge >= 0.3 is 0 Å². The Kier molecular flexibility index (Phi) is 2.73. The third-order valence-corrected chi connectivity index (χ3v) is 1.83. The average Bonchev–Trinajstić information content (AvgIpc) is 2.43. The first-order chi connectivity index (χ1) is 4.88. The van der Waals surface area contributed by atoms with E-state index >= 15 is 0 Å². The molecular formula is C8H13NO. The number of nitrogens with one attached hydrogen (secondary N) is 1.